The number of rotatable bonds is 2. The Morgan fingerprint density at radius 1 is 1.58 bits per heavy atom. The predicted molar refractivity (Wildman–Crippen MR) is 50.6 cm³/mol. The summed E-state index contributed by atoms with van der Waals surface area (Å²) in [5.74, 6) is 0.611. The lowest BCUT2D eigenvalue weighted by Gasteiger charge is -2.05. The van der Waals surface area contributed by atoms with Crippen molar-refractivity contribution >= 4 is 12.4 Å². The average Bonchev–Trinajstić information content (AvgIpc) is 2.05. The van der Waals surface area contributed by atoms with Crippen LogP contribution < -0.4 is 10.5 Å². The van der Waals surface area contributed by atoms with Gasteiger partial charge < -0.3 is 10.5 Å². The molecule has 12 heavy (non-hydrogen) atoms. The Bertz CT molecular complexity index is 240. The minimum Gasteiger partial charge on any atom is -0.481 e. The minimum absolute atomic E-state index is 0. The molecule has 0 saturated carbocycles. The van der Waals surface area contributed by atoms with Gasteiger partial charge in [0.15, 0.2) is 0 Å². The Morgan fingerprint density at radius 2 is 2.25 bits per heavy atom. The van der Waals surface area contributed by atoms with Crippen molar-refractivity contribution in [3.8, 4) is 5.88 Å². The van der Waals surface area contributed by atoms with E-state index in [1.807, 2.05) is 19.1 Å². The van der Waals surface area contributed by atoms with E-state index in [0.717, 1.165) is 5.56 Å². The molecule has 0 bridgehead atoms. The molecule has 0 spiro atoms. The van der Waals surface area contributed by atoms with E-state index in [4.69, 9.17) is 10.5 Å². The Labute approximate surface area is 78.4 Å². The van der Waals surface area contributed by atoms with Crippen LogP contribution in [0.15, 0.2) is 18.3 Å². The number of nitrogens with two attached hydrogens (primary N) is 1. The summed E-state index contributed by atoms with van der Waals surface area (Å²) in [5, 5.41) is 0. The van der Waals surface area contributed by atoms with E-state index in [2.05, 4.69) is 4.98 Å². The fourth-order valence-electron chi connectivity index (χ4n) is 0.820. The van der Waals surface area contributed by atoms with Gasteiger partial charge in [-0.15, -0.1) is 12.4 Å². The lowest BCUT2D eigenvalue weighted by atomic mass is 10.1. The highest BCUT2D eigenvalue weighted by Gasteiger charge is 1.99. The summed E-state index contributed by atoms with van der Waals surface area (Å²) < 4.78 is 4.94. The first-order valence-corrected chi connectivity index (χ1v) is 3.49. The second-order valence-electron chi connectivity index (χ2n) is 2.42. The van der Waals surface area contributed by atoms with Gasteiger partial charge in [0.05, 0.1) is 7.11 Å². The number of hydrogen-bond donors (Lipinski definition) is 1. The lowest BCUT2D eigenvalue weighted by Crippen LogP contribution is -2.05. The van der Waals surface area contributed by atoms with Crippen LogP contribution in [0.1, 0.15) is 18.5 Å². The van der Waals surface area contributed by atoms with Gasteiger partial charge in [0.2, 0.25) is 5.88 Å². The molecule has 1 heterocycles. The van der Waals surface area contributed by atoms with Gasteiger partial charge in [-0.05, 0) is 18.6 Å². The Hall–Kier alpha value is -0.800. The second-order valence-corrected chi connectivity index (χ2v) is 2.42. The van der Waals surface area contributed by atoms with Crippen molar-refractivity contribution in [2.45, 2.75) is 13.0 Å². The summed E-state index contributed by atoms with van der Waals surface area (Å²) in [5.41, 5.74) is 6.69. The highest BCUT2D eigenvalue weighted by Crippen LogP contribution is 2.13. The highest BCUT2D eigenvalue weighted by molar-refractivity contribution is 5.85. The third-order valence-corrected chi connectivity index (χ3v) is 1.49. The molecule has 3 nitrogen and oxygen atoms in total. The largest absolute Gasteiger partial charge is 0.481 e. The van der Waals surface area contributed by atoms with E-state index in [1.165, 1.54) is 0 Å². The van der Waals surface area contributed by atoms with Gasteiger partial charge in [0.1, 0.15) is 0 Å². The standard InChI is InChI=1S/C8H12N2O.ClH/c1-6(9)7-3-4-10-8(5-7)11-2;/h3-6H,9H2,1-2H3;1H/t6-;/m0./s1. The third-order valence-electron chi connectivity index (χ3n) is 1.49. The summed E-state index contributed by atoms with van der Waals surface area (Å²) in [6.07, 6.45) is 1.69. The van der Waals surface area contributed by atoms with Crippen LogP contribution in [-0.4, -0.2) is 12.1 Å². The fourth-order valence-corrected chi connectivity index (χ4v) is 0.820. The molecule has 1 rings (SSSR count). The zero-order chi connectivity index (χ0) is 8.27. The molecule has 0 amide bonds. The summed E-state index contributed by atoms with van der Waals surface area (Å²) in [4.78, 5) is 3.96. The number of aromatic nitrogens is 1. The normalized spacial score (nSPS) is 11.6. The summed E-state index contributed by atoms with van der Waals surface area (Å²) in [6, 6.07) is 3.75. The summed E-state index contributed by atoms with van der Waals surface area (Å²) in [7, 11) is 1.59. The van der Waals surface area contributed by atoms with Crippen molar-refractivity contribution < 1.29 is 4.74 Å². The lowest BCUT2D eigenvalue weighted by molar-refractivity contribution is 0.397. The highest BCUT2D eigenvalue weighted by atomic mass is 35.5. The van der Waals surface area contributed by atoms with Crippen molar-refractivity contribution in [2.24, 2.45) is 5.73 Å². The van der Waals surface area contributed by atoms with Crippen LogP contribution in [0.5, 0.6) is 5.88 Å². The Morgan fingerprint density at radius 3 is 2.75 bits per heavy atom. The van der Waals surface area contributed by atoms with E-state index < -0.39 is 0 Å². The number of halogens is 1. The molecule has 2 N–H and O–H groups in total. The second kappa shape index (κ2) is 4.95. The van der Waals surface area contributed by atoms with E-state index in [-0.39, 0.29) is 18.4 Å². The quantitative estimate of drug-likeness (QED) is 0.766. The maximum atomic E-state index is 5.65. The number of pyridine rings is 1. The maximum absolute atomic E-state index is 5.65. The molecule has 0 radical (unpaired) electrons. The number of methoxy groups -OCH3 is 1. The smallest absolute Gasteiger partial charge is 0.213 e. The van der Waals surface area contributed by atoms with Crippen LogP contribution in [-0.2, 0) is 0 Å². The molecule has 1 aromatic heterocycles. The van der Waals surface area contributed by atoms with Gasteiger partial charge in [0, 0.05) is 18.3 Å². The average molecular weight is 189 g/mol. The molecule has 1 atom stereocenters. The van der Waals surface area contributed by atoms with E-state index in [1.54, 1.807) is 13.3 Å². The first kappa shape index (κ1) is 11.2. The molecule has 4 heteroatoms. The molecule has 0 aliphatic carbocycles. The molecule has 0 aliphatic heterocycles. The van der Waals surface area contributed by atoms with Crippen molar-refractivity contribution in [2.75, 3.05) is 7.11 Å². The molecule has 0 aromatic carbocycles. The van der Waals surface area contributed by atoms with E-state index in [9.17, 15) is 0 Å². The molecule has 0 unspecified atom stereocenters. The number of ether oxygens (including phenoxy) is 1. The molecule has 0 aliphatic rings. The zero-order valence-electron chi connectivity index (χ0n) is 7.15. The van der Waals surface area contributed by atoms with Crippen molar-refractivity contribution in [3.05, 3.63) is 23.9 Å². The van der Waals surface area contributed by atoms with Crippen LogP contribution in [0, 0.1) is 0 Å². The van der Waals surface area contributed by atoms with Crippen LogP contribution >= 0.6 is 12.4 Å². The van der Waals surface area contributed by atoms with E-state index in [0.29, 0.717) is 5.88 Å². The summed E-state index contributed by atoms with van der Waals surface area (Å²) >= 11 is 0. The number of hydrogen-bond acceptors (Lipinski definition) is 3. The van der Waals surface area contributed by atoms with Crippen LogP contribution in [0.25, 0.3) is 0 Å². The van der Waals surface area contributed by atoms with Gasteiger partial charge in [0.25, 0.3) is 0 Å². The van der Waals surface area contributed by atoms with Gasteiger partial charge in [-0.3, -0.25) is 0 Å². The molecular formula is C8H13ClN2O. The SMILES string of the molecule is COc1cc([C@H](C)N)ccn1.Cl. The van der Waals surface area contributed by atoms with Crippen molar-refractivity contribution in [1.29, 1.82) is 0 Å². The van der Waals surface area contributed by atoms with Crippen LogP contribution in [0.3, 0.4) is 0 Å². The van der Waals surface area contributed by atoms with Crippen molar-refractivity contribution in [1.82, 2.24) is 4.98 Å². The first-order chi connectivity index (χ1) is 5.24. The monoisotopic (exact) mass is 188 g/mol. The fraction of sp³-hybridized carbons (Fsp3) is 0.375. The van der Waals surface area contributed by atoms with Gasteiger partial charge in [-0.2, -0.15) is 0 Å². The van der Waals surface area contributed by atoms with Crippen molar-refractivity contribution in [3.63, 3.8) is 0 Å². The third kappa shape index (κ3) is 2.68. The molecule has 68 valence electrons. The molecule has 1 aromatic rings. The zero-order valence-corrected chi connectivity index (χ0v) is 7.97. The van der Waals surface area contributed by atoms with E-state index >= 15 is 0 Å². The van der Waals surface area contributed by atoms with Crippen LogP contribution in [0.2, 0.25) is 0 Å². The van der Waals surface area contributed by atoms with Gasteiger partial charge in [-0.1, -0.05) is 0 Å². The molecule has 0 saturated heterocycles. The number of nitrogens with zero attached hydrogens (tertiary/aromatic N) is 1. The first-order valence-electron chi connectivity index (χ1n) is 3.49. The van der Waals surface area contributed by atoms with Gasteiger partial charge >= 0.3 is 0 Å². The topological polar surface area (TPSA) is 48.1 Å². The molecular weight excluding hydrogens is 176 g/mol. The Balaban J connectivity index is 0.00000121. The predicted octanol–water partition coefficient (Wildman–Crippen LogP) is 1.53. The molecule has 0 fully saturated rings. The Kier molecular flexibility index (Phi) is 4.62. The summed E-state index contributed by atoms with van der Waals surface area (Å²) in [6.45, 7) is 1.93. The van der Waals surface area contributed by atoms with Gasteiger partial charge in [-0.25, -0.2) is 4.98 Å². The minimum atomic E-state index is 0. The maximum Gasteiger partial charge on any atom is 0.213 e. The van der Waals surface area contributed by atoms with Crippen LogP contribution in [0.4, 0.5) is 0 Å².